The van der Waals surface area contributed by atoms with Gasteiger partial charge in [-0.3, -0.25) is 4.79 Å². The molecule has 8 heteroatoms. The van der Waals surface area contributed by atoms with Gasteiger partial charge in [0, 0.05) is 35.2 Å². The number of thiazole rings is 2. The van der Waals surface area contributed by atoms with Crippen LogP contribution in [0, 0.1) is 6.92 Å². The number of hydrogen-bond donors (Lipinski definition) is 2. The highest BCUT2D eigenvalue weighted by Gasteiger charge is 2.17. The third-order valence-corrected chi connectivity index (χ3v) is 7.08. The van der Waals surface area contributed by atoms with E-state index in [0.717, 1.165) is 68.6 Å². The van der Waals surface area contributed by atoms with Crippen LogP contribution in [0.25, 0.3) is 32.2 Å². The number of benzene rings is 2. The number of amides is 1. The van der Waals surface area contributed by atoms with Crippen LogP contribution in [-0.2, 0) is 11.2 Å². The number of carbonyl (C=O) groups excluding carboxylic acids is 1. The molecule has 2 aromatic carbocycles. The predicted octanol–water partition coefficient (Wildman–Crippen LogP) is 6.47. The SMILES string of the molecule is Cc1csc(-c2nc(CCCCC(=O)Nc3ccccc3)[nH]c2-c2ccc3ncsc3c2)n1. The molecule has 0 saturated heterocycles. The van der Waals surface area contributed by atoms with Crippen molar-refractivity contribution in [3.8, 4) is 22.0 Å². The van der Waals surface area contributed by atoms with Gasteiger partial charge < -0.3 is 10.3 Å². The Morgan fingerprint density at radius 2 is 1.94 bits per heavy atom. The van der Waals surface area contributed by atoms with Gasteiger partial charge in [-0.1, -0.05) is 24.3 Å². The first-order valence-corrected chi connectivity index (χ1v) is 12.6. The van der Waals surface area contributed by atoms with Gasteiger partial charge in [-0.15, -0.1) is 22.7 Å². The monoisotopic (exact) mass is 473 g/mol. The molecule has 3 aromatic heterocycles. The molecule has 3 heterocycles. The molecule has 0 aliphatic heterocycles. The summed E-state index contributed by atoms with van der Waals surface area (Å²) in [5.74, 6) is 0.957. The highest BCUT2D eigenvalue weighted by molar-refractivity contribution is 7.16. The van der Waals surface area contributed by atoms with E-state index < -0.39 is 0 Å². The van der Waals surface area contributed by atoms with Crippen molar-refractivity contribution in [2.24, 2.45) is 0 Å². The van der Waals surface area contributed by atoms with E-state index in [2.05, 4.69) is 32.4 Å². The van der Waals surface area contributed by atoms with Crippen molar-refractivity contribution in [1.82, 2.24) is 19.9 Å². The van der Waals surface area contributed by atoms with Crippen molar-refractivity contribution in [2.45, 2.75) is 32.6 Å². The number of unbranched alkanes of at least 4 members (excludes halogenated alkanes) is 1. The Morgan fingerprint density at radius 1 is 1.06 bits per heavy atom. The molecular weight excluding hydrogens is 450 g/mol. The van der Waals surface area contributed by atoms with E-state index in [0.29, 0.717) is 6.42 Å². The second-order valence-corrected chi connectivity index (χ2v) is 9.60. The number of anilines is 1. The van der Waals surface area contributed by atoms with E-state index in [1.807, 2.05) is 54.2 Å². The Kier molecular flexibility index (Phi) is 6.28. The lowest BCUT2D eigenvalue weighted by Crippen LogP contribution is -2.11. The van der Waals surface area contributed by atoms with Crippen LogP contribution in [0.5, 0.6) is 0 Å². The number of para-hydroxylation sites is 1. The Bertz CT molecular complexity index is 1390. The van der Waals surface area contributed by atoms with Crippen molar-refractivity contribution < 1.29 is 4.79 Å². The van der Waals surface area contributed by atoms with E-state index in [4.69, 9.17) is 4.98 Å². The van der Waals surface area contributed by atoms with Gasteiger partial charge in [-0.05, 0) is 44.0 Å². The van der Waals surface area contributed by atoms with E-state index >= 15 is 0 Å². The molecule has 0 radical (unpaired) electrons. The van der Waals surface area contributed by atoms with Crippen LogP contribution >= 0.6 is 22.7 Å². The average molecular weight is 474 g/mol. The highest BCUT2D eigenvalue weighted by Crippen LogP contribution is 2.34. The lowest BCUT2D eigenvalue weighted by Gasteiger charge is -2.04. The van der Waals surface area contributed by atoms with Crippen LogP contribution < -0.4 is 5.32 Å². The zero-order valence-corrected chi connectivity index (χ0v) is 19.8. The highest BCUT2D eigenvalue weighted by atomic mass is 32.1. The molecular formula is C25H23N5OS2. The normalized spacial score (nSPS) is 11.2. The summed E-state index contributed by atoms with van der Waals surface area (Å²) in [6.45, 7) is 2.00. The number of H-pyrrole nitrogens is 1. The molecule has 0 bridgehead atoms. The second-order valence-electron chi connectivity index (χ2n) is 7.86. The van der Waals surface area contributed by atoms with E-state index in [1.165, 1.54) is 0 Å². The van der Waals surface area contributed by atoms with Crippen LogP contribution in [0.3, 0.4) is 0 Å². The van der Waals surface area contributed by atoms with Gasteiger partial charge in [0.25, 0.3) is 0 Å². The van der Waals surface area contributed by atoms with Crippen LogP contribution in [0.4, 0.5) is 5.69 Å². The van der Waals surface area contributed by atoms with Crippen LogP contribution in [-0.4, -0.2) is 25.8 Å². The maximum atomic E-state index is 12.2. The molecule has 5 rings (SSSR count). The number of nitrogens with zero attached hydrogens (tertiary/aromatic N) is 3. The van der Waals surface area contributed by atoms with Gasteiger partial charge in [0.05, 0.1) is 21.4 Å². The molecule has 0 atom stereocenters. The lowest BCUT2D eigenvalue weighted by molar-refractivity contribution is -0.116. The minimum Gasteiger partial charge on any atom is -0.341 e. The number of rotatable bonds is 8. The third-order valence-electron chi connectivity index (χ3n) is 5.32. The molecule has 1 amide bonds. The van der Waals surface area contributed by atoms with Crippen molar-refractivity contribution >= 4 is 44.5 Å². The molecule has 0 aliphatic carbocycles. The Labute approximate surface area is 199 Å². The second kappa shape index (κ2) is 9.64. The molecule has 0 aliphatic rings. The third kappa shape index (κ3) is 5.02. The zero-order chi connectivity index (χ0) is 22.6. The standard InChI is InChI=1S/C25H23N5OS2/c1-16-14-32-25(27-16)24-23(17-11-12-19-20(13-17)33-15-26-19)29-21(30-24)9-5-6-10-22(31)28-18-7-3-2-4-8-18/h2-4,7-8,11-15H,5-6,9-10H2,1H3,(H,28,31)(H,29,30). The summed E-state index contributed by atoms with van der Waals surface area (Å²) in [5.41, 5.74) is 7.64. The number of imidazole rings is 1. The number of aryl methyl sites for hydroxylation is 2. The number of aromatic amines is 1. The first-order valence-electron chi connectivity index (χ1n) is 10.9. The fourth-order valence-corrected chi connectivity index (χ4v) is 5.21. The van der Waals surface area contributed by atoms with Crippen LogP contribution in [0.2, 0.25) is 0 Å². The van der Waals surface area contributed by atoms with Crippen molar-refractivity contribution in [1.29, 1.82) is 0 Å². The number of carbonyl (C=O) groups is 1. The molecule has 166 valence electrons. The maximum absolute atomic E-state index is 12.2. The van der Waals surface area contributed by atoms with Gasteiger partial charge in [0.2, 0.25) is 5.91 Å². The Morgan fingerprint density at radius 3 is 2.76 bits per heavy atom. The summed E-state index contributed by atoms with van der Waals surface area (Å²) in [7, 11) is 0. The number of aromatic nitrogens is 4. The van der Waals surface area contributed by atoms with Crippen molar-refractivity contribution in [2.75, 3.05) is 5.32 Å². The van der Waals surface area contributed by atoms with E-state index in [9.17, 15) is 4.79 Å². The molecule has 6 nitrogen and oxygen atoms in total. The average Bonchev–Trinajstić information content (AvgIpc) is 3.56. The molecule has 5 aromatic rings. The quantitative estimate of drug-likeness (QED) is 0.253. The Hall–Kier alpha value is -3.36. The molecule has 0 unspecified atom stereocenters. The fourth-order valence-electron chi connectivity index (χ4n) is 3.70. The predicted molar refractivity (Wildman–Crippen MR) is 136 cm³/mol. The van der Waals surface area contributed by atoms with Gasteiger partial charge >= 0.3 is 0 Å². The van der Waals surface area contributed by atoms with Crippen molar-refractivity contribution in [3.05, 3.63) is 70.9 Å². The maximum Gasteiger partial charge on any atom is 0.224 e. The smallest absolute Gasteiger partial charge is 0.224 e. The van der Waals surface area contributed by atoms with Crippen LogP contribution in [0.15, 0.2) is 59.4 Å². The molecule has 0 saturated carbocycles. The summed E-state index contributed by atoms with van der Waals surface area (Å²) >= 11 is 3.24. The number of nitrogens with one attached hydrogen (secondary N) is 2. The lowest BCUT2D eigenvalue weighted by atomic mass is 10.1. The zero-order valence-electron chi connectivity index (χ0n) is 18.2. The van der Waals surface area contributed by atoms with Gasteiger partial charge in [0.15, 0.2) is 0 Å². The number of fused-ring (bicyclic) bond motifs is 1. The van der Waals surface area contributed by atoms with E-state index in [-0.39, 0.29) is 5.91 Å². The minimum atomic E-state index is 0.0399. The summed E-state index contributed by atoms with van der Waals surface area (Å²) in [4.78, 5) is 29.7. The summed E-state index contributed by atoms with van der Waals surface area (Å²) < 4.78 is 1.15. The van der Waals surface area contributed by atoms with Gasteiger partial charge in [-0.2, -0.15) is 0 Å². The first-order chi connectivity index (χ1) is 16.2. The molecule has 0 fully saturated rings. The number of hydrogen-bond acceptors (Lipinski definition) is 6. The first kappa shape index (κ1) is 21.5. The van der Waals surface area contributed by atoms with Crippen LogP contribution in [0.1, 0.15) is 30.8 Å². The van der Waals surface area contributed by atoms with Gasteiger partial charge in [-0.25, -0.2) is 15.0 Å². The molecule has 2 N–H and O–H groups in total. The summed E-state index contributed by atoms with van der Waals surface area (Å²) in [5, 5.41) is 5.90. The molecule has 0 spiro atoms. The minimum absolute atomic E-state index is 0.0399. The van der Waals surface area contributed by atoms with Crippen molar-refractivity contribution in [3.63, 3.8) is 0 Å². The summed E-state index contributed by atoms with van der Waals surface area (Å²) in [6.07, 6.45) is 2.94. The topological polar surface area (TPSA) is 83.6 Å². The largest absolute Gasteiger partial charge is 0.341 e. The van der Waals surface area contributed by atoms with E-state index in [1.54, 1.807) is 22.7 Å². The molecule has 33 heavy (non-hydrogen) atoms. The summed E-state index contributed by atoms with van der Waals surface area (Å²) in [6, 6.07) is 15.8. The Balaban J connectivity index is 1.29. The van der Waals surface area contributed by atoms with Gasteiger partial charge in [0.1, 0.15) is 16.5 Å². The fraction of sp³-hybridized carbons (Fsp3) is 0.200.